The number of rotatable bonds is 0. The van der Waals surface area contributed by atoms with Gasteiger partial charge in [0.2, 0.25) is 0 Å². The Morgan fingerprint density at radius 2 is 0.885 bits per heavy atom. The molecule has 2 heterocycles. The molecular formula is C24H34O2. The molecule has 0 aromatic rings. The lowest BCUT2D eigenvalue weighted by Gasteiger charge is -2.69. The normalized spacial score (nSPS) is 69.2. The van der Waals surface area contributed by atoms with Crippen molar-refractivity contribution in [3.8, 4) is 0 Å². The van der Waals surface area contributed by atoms with Crippen LogP contribution in [0.15, 0.2) is 0 Å². The Morgan fingerprint density at radius 3 is 1.35 bits per heavy atom. The molecular weight excluding hydrogens is 320 g/mol. The fourth-order valence-electron chi connectivity index (χ4n) is 10.9. The van der Waals surface area contributed by atoms with Crippen LogP contribution in [0.3, 0.4) is 0 Å². The van der Waals surface area contributed by atoms with Gasteiger partial charge in [0, 0.05) is 12.8 Å². The number of ether oxygens (including phenoxy) is 2. The lowest BCUT2D eigenvalue weighted by atomic mass is 9.45. The molecule has 0 N–H and O–H groups in total. The van der Waals surface area contributed by atoms with Gasteiger partial charge in [0.25, 0.3) is 0 Å². The maximum atomic E-state index is 7.16. The van der Waals surface area contributed by atoms with Gasteiger partial charge in [-0.05, 0) is 112 Å². The maximum Gasteiger partial charge on any atom is 0.0978 e. The minimum atomic E-state index is 0.130. The zero-order chi connectivity index (χ0) is 16.7. The van der Waals surface area contributed by atoms with Crippen LogP contribution in [0.1, 0.15) is 77.0 Å². The van der Waals surface area contributed by atoms with Gasteiger partial charge in [0.1, 0.15) is 0 Å². The summed E-state index contributed by atoms with van der Waals surface area (Å²) in [4.78, 5) is 0. The van der Waals surface area contributed by atoms with Crippen LogP contribution < -0.4 is 0 Å². The van der Waals surface area contributed by atoms with Crippen molar-refractivity contribution in [3.63, 3.8) is 0 Å². The second-order valence-electron chi connectivity index (χ2n) is 12.4. The third kappa shape index (κ3) is 1.59. The summed E-state index contributed by atoms with van der Waals surface area (Å²) in [7, 11) is 0. The lowest BCUT2D eigenvalue weighted by Crippen LogP contribution is -2.72. The summed E-state index contributed by atoms with van der Waals surface area (Å²) in [5.41, 5.74) is 0.667. The van der Waals surface area contributed by atoms with E-state index < -0.39 is 0 Å². The second-order valence-corrected chi connectivity index (χ2v) is 12.4. The summed E-state index contributed by atoms with van der Waals surface area (Å²) in [6, 6.07) is 0. The fraction of sp³-hybridized carbons (Fsp3) is 1.00. The van der Waals surface area contributed by atoms with Gasteiger partial charge in [-0.25, -0.2) is 0 Å². The molecule has 1 atom stereocenters. The summed E-state index contributed by atoms with van der Waals surface area (Å²) in [6.45, 7) is 0.934. The number of hydrogen-bond donors (Lipinski definition) is 0. The minimum absolute atomic E-state index is 0.130. The Morgan fingerprint density at radius 1 is 0.500 bits per heavy atom. The smallest absolute Gasteiger partial charge is 0.0978 e. The van der Waals surface area contributed by atoms with Crippen LogP contribution in [-0.4, -0.2) is 23.4 Å². The highest BCUT2D eigenvalue weighted by molar-refractivity contribution is 5.22. The molecule has 1 unspecified atom stereocenters. The van der Waals surface area contributed by atoms with Gasteiger partial charge in [-0.2, -0.15) is 0 Å². The Balaban J connectivity index is 1.08. The van der Waals surface area contributed by atoms with Crippen LogP contribution in [-0.2, 0) is 9.47 Å². The topological polar surface area (TPSA) is 18.5 Å². The standard InChI is InChI=1S/C24H34O2/c1-14-3-18-5-15(1)6-19(4-14)23(18)11-22(13-25-23)12-24(26-22)20-7-16-2-17(9-20)10-21(24)8-16/h14-21H,1-13H2. The van der Waals surface area contributed by atoms with E-state index in [0.717, 1.165) is 54.0 Å². The van der Waals surface area contributed by atoms with Crippen molar-refractivity contribution in [1.82, 2.24) is 0 Å². The summed E-state index contributed by atoms with van der Waals surface area (Å²) in [5.74, 6) is 7.74. The van der Waals surface area contributed by atoms with Crippen LogP contribution in [0, 0.1) is 47.3 Å². The molecule has 10 fully saturated rings. The molecule has 26 heavy (non-hydrogen) atoms. The van der Waals surface area contributed by atoms with Gasteiger partial charge >= 0.3 is 0 Å². The van der Waals surface area contributed by atoms with Crippen molar-refractivity contribution in [3.05, 3.63) is 0 Å². The molecule has 3 spiro atoms. The molecule has 2 saturated heterocycles. The molecule has 0 amide bonds. The Labute approximate surface area is 157 Å². The largest absolute Gasteiger partial charge is 0.371 e. The zero-order valence-corrected chi connectivity index (χ0v) is 16.1. The van der Waals surface area contributed by atoms with Crippen LogP contribution in [0.2, 0.25) is 0 Å². The van der Waals surface area contributed by atoms with E-state index in [9.17, 15) is 0 Å². The van der Waals surface area contributed by atoms with Crippen LogP contribution in [0.25, 0.3) is 0 Å². The van der Waals surface area contributed by atoms with Crippen molar-refractivity contribution in [2.24, 2.45) is 47.3 Å². The lowest BCUT2D eigenvalue weighted by molar-refractivity contribution is -0.347. The molecule has 2 aliphatic heterocycles. The van der Waals surface area contributed by atoms with E-state index in [1.165, 1.54) is 64.2 Å². The van der Waals surface area contributed by atoms with Gasteiger partial charge in [0.15, 0.2) is 0 Å². The van der Waals surface area contributed by atoms with Gasteiger partial charge in [0.05, 0.1) is 23.4 Å². The first-order valence-corrected chi connectivity index (χ1v) is 12.0. The first-order valence-electron chi connectivity index (χ1n) is 12.0. The third-order valence-corrected chi connectivity index (χ3v) is 11.2. The molecule has 2 nitrogen and oxygen atoms in total. The van der Waals surface area contributed by atoms with Gasteiger partial charge < -0.3 is 9.47 Å². The second kappa shape index (κ2) is 4.40. The van der Waals surface area contributed by atoms with E-state index >= 15 is 0 Å². The molecule has 0 aromatic heterocycles. The van der Waals surface area contributed by atoms with Crippen molar-refractivity contribution in [2.75, 3.05) is 6.61 Å². The molecule has 142 valence electrons. The molecule has 8 saturated carbocycles. The summed E-state index contributed by atoms with van der Waals surface area (Å²) < 4.78 is 14.0. The highest BCUT2D eigenvalue weighted by Crippen LogP contribution is 2.71. The quantitative estimate of drug-likeness (QED) is 0.612. The molecule has 10 aliphatic rings. The van der Waals surface area contributed by atoms with Crippen molar-refractivity contribution >= 4 is 0 Å². The third-order valence-electron chi connectivity index (χ3n) is 11.2. The van der Waals surface area contributed by atoms with Crippen molar-refractivity contribution < 1.29 is 9.47 Å². The van der Waals surface area contributed by atoms with Gasteiger partial charge in [-0.1, -0.05) is 0 Å². The molecule has 0 aromatic carbocycles. The summed E-state index contributed by atoms with van der Waals surface area (Å²) in [5, 5.41) is 0. The molecule has 0 radical (unpaired) electrons. The minimum Gasteiger partial charge on any atom is -0.371 e. The Kier molecular flexibility index (Phi) is 2.51. The van der Waals surface area contributed by atoms with E-state index in [0.29, 0.717) is 5.60 Å². The predicted molar refractivity (Wildman–Crippen MR) is 98.6 cm³/mol. The highest BCUT2D eigenvalue weighted by atomic mass is 16.6. The first kappa shape index (κ1) is 14.9. The summed E-state index contributed by atoms with van der Waals surface area (Å²) in [6.07, 6.45) is 17.6. The van der Waals surface area contributed by atoms with Crippen molar-refractivity contribution in [2.45, 2.75) is 93.9 Å². The molecule has 2 heteroatoms. The predicted octanol–water partition coefficient (Wildman–Crippen LogP) is 4.96. The van der Waals surface area contributed by atoms with Crippen LogP contribution >= 0.6 is 0 Å². The van der Waals surface area contributed by atoms with E-state index in [2.05, 4.69) is 0 Å². The summed E-state index contributed by atoms with van der Waals surface area (Å²) >= 11 is 0. The zero-order valence-electron chi connectivity index (χ0n) is 16.1. The average Bonchev–Trinajstić information content (AvgIpc) is 2.97. The van der Waals surface area contributed by atoms with Crippen LogP contribution in [0.5, 0.6) is 0 Å². The monoisotopic (exact) mass is 354 g/mol. The van der Waals surface area contributed by atoms with Gasteiger partial charge in [-0.15, -0.1) is 0 Å². The van der Waals surface area contributed by atoms with E-state index in [4.69, 9.17) is 9.47 Å². The molecule has 8 bridgehead atoms. The molecule has 8 aliphatic carbocycles. The SMILES string of the molecule is C1C2CC3CC1CC(C2)C31CC2(CO1)CC1(O2)C2CC3CC(C2)CC1C3. The Bertz CT molecular complexity index is 601. The van der Waals surface area contributed by atoms with Crippen LogP contribution in [0.4, 0.5) is 0 Å². The maximum absolute atomic E-state index is 7.16. The van der Waals surface area contributed by atoms with E-state index in [1.807, 2.05) is 0 Å². The highest BCUT2D eigenvalue weighted by Gasteiger charge is 2.73. The van der Waals surface area contributed by atoms with E-state index in [-0.39, 0.29) is 11.2 Å². The van der Waals surface area contributed by atoms with Crippen molar-refractivity contribution in [1.29, 1.82) is 0 Å². The van der Waals surface area contributed by atoms with E-state index in [1.54, 1.807) is 12.8 Å². The molecule has 10 rings (SSSR count). The fourth-order valence-corrected chi connectivity index (χ4v) is 10.9. The Hall–Kier alpha value is -0.0800. The van der Waals surface area contributed by atoms with Gasteiger partial charge in [-0.3, -0.25) is 0 Å². The number of hydrogen-bond acceptors (Lipinski definition) is 2. The average molecular weight is 355 g/mol. The first-order chi connectivity index (χ1) is 12.6.